The van der Waals surface area contributed by atoms with Crippen molar-refractivity contribution >= 4 is 76.1 Å². The lowest BCUT2D eigenvalue weighted by atomic mass is 9.55. The van der Waals surface area contributed by atoms with Gasteiger partial charge in [0.05, 0.1) is 48.6 Å². The molecule has 4 heterocycles. The molecule has 2 bridgehead atoms. The van der Waals surface area contributed by atoms with Crippen LogP contribution in [0.1, 0.15) is 141 Å². The van der Waals surface area contributed by atoms with Gasteiger partial charge in [-0.15, -0.1) is 0 Å². The maximum Gasteiger partial charge on any atom is 0.266 e. The van der Waals surface area contributed by atoms with Crippen molar-refractivity contribution in [3.8, 4) is 5.75 Å². The molecule has 4 atom stereocenters. The van der Waals surface area contributed by atoms with Crippen LogP contribution in [0.4, 0.5) is 10.1 Å². The van der Waals surface area contributed by atoms with E-state index in [2.05, 4.69) is 31.5 Å². The topological polar surface area (TPSA) is 240 Å². The van der Waals surface area contributed by atoms with Crippen LogP contribution in [0.5, 0.6) is 5.75 Å². The molecule has 5 N–H and O–H groups in total. The number of amides is 8. The van der Waals surface area contributed by atoms with Crippen molar-refractivity contribution in [1.82, 2.24) is 31.1 Å². The molecule has 19 nitrogen and oxygen atoms in total. The second-order valence-corrected chi connectivity index (χ2v) is 23.4. The molecule has 22 heteroatoms. The summed E-state index contributed by atoms with van der Waals surface area (Å²) in [5.41, 5.74) is -1.62. The average Bonchev–Trinajstić information content (AvgIpc) is 4.14. The van der Waals surface area contributed by atoms with Gasteiger partial charge in [-0.1, -0.05) is 73.7 Å². The number of benzene rings is 3. The number of piperidine rings is 1. The summed E-state index contributed by atoms with van der Waals surface area (Å²) in [7, 11) is 0. The summed E-state index contributed by atoms with van der Waals surface area (Å²) in [6, 6.07) is 12.7. The number of imide groups is 2. The fourth-order valence-corrected chi connectivity index (χ4v) is 14.8. The van der Waals surface area contributed by atoms with Crippen LogP contribution in [0.3, 0.4) is 0 Å². The number of hydrogen-bond acceptors (Lipinski definition) is 13. The molecule has 3 aromatic rings. The van der Waals surface area contributed by atoms with E-state index in [0.29, 0.717) is 134 Å². The second kappa shape index (κ2) is 24.4. The van der Waals surface area contributed by atoms with E-state index in [-0.39, 0.29) is 58.0 Å². The number of carbonyl (C=O) groups excluding carboxylic acids is 8. The monoisotopic (exact) mass is 1160 g/mol. The van der Waals surface area contributed by atoms with Crippen LogP contribution < -0.4 is 31.3 Å². The molecular weight excluding hydrogens is 1090 g/mol. The number of fused-ring (bicyclic) bond motifs is 7. The summed E-state index contributed by atoms with van der Waals surface area (Å²) in [5.74, 6) is -5.00. The molecule has 4 saturated carbocycles. The fraction of sp³-hybridized carbons (Fsp3) is 0.559. The molecule has 8 amide bonds. The second-order valence-electron chi connectivity index (χ2n) is 22.5. The lowest BCUT2D eigenvalue weighted by Gasteiger charge is -2.53. The number of likely N-dealkylation sites (tertiary alicyclic amines) is 1. The minimum atomic E-state index is -1.31. The molecule has 2 saturated heterocycles. The van der Waals surface area contributed by atoms with Gasteiger partial charge >= 0.3 is 0 Å². The predicted molar refractivity (Wildman–Crippen MR) is 295 cm³/mol. The Morgan fingerprint density at radius 2 is 1.43 bits per heavy atom. The molecule has 434 valence electrons. The van der Waals surface area contributed by atoms with E-state index in [9.17, 15) is 28.8 Å². The predicted octanol–water partition coefficient (Wildman–Crippen LogP) is 6.27. The molecule has 2 spiro atoms. The van der Waals surface area contributed by atoms with E-state index in [1.807, 2.05) is 13.0 Å². The standard InChI is InChI=1S/C59H70Cl2FN7O12/c1-2-68-49(47(38-11-6-12-40(61)48(38)62)59(58(68)18-4-3-5-19-58)39-15-14-36(60)34-41(39)65-55(59)77)51(73)67-57-23-20-56(21-24-57,22-25-57)54(76)64-27-9-29-79-31-33-80-32-30-78-28-8-26-63-45(71)35-81-43-13-7-10-37-46(43)53(75)69(52(37)74)42-16-17-44(70)66-50(42)72/h6-7,10-15,34,42,47,49H,2-5,8-9,16-33,35H2,1H3,(H,63,71)(H,64,76)(H,65,77)(H,67,73)(H,66,70,72)/t42?,47-,49+,56?,57?,59+/m0/s1. The highest BCUT2D eigenvalue weighted by Crippen LogP contribution is 2.67. The van der Waals surface area contributed by atoms with Crippen molar-refractivity contribution in [3.05, 3.63) is 92.7 Å². The molecule has 11 rings (SSSR count). The van der Waals surface area contributed by atoms with E-state index in [1.165, 1.54) is 24.3 Å². The Balaban J connectivity index is 0.617. The third kappa shape index (κ3) is 10.8. The van der Waals surface area contributed by atoms with Crippen LogP contribution in [-0.4, -0.2) is 146 Å². The van der Waals surface area contributed by atoms with Crippen LogP contribution in [-0.2, 0) is 48.4 Å². The Kier molecular flexibility index (Phi) is 17.5. The van der Waals surface area contributed by atoms with E-state index in [1.54, 1.807) is 24.3 Å². The minimum Gasteiger partial charge on any atom is -0.483 e. The van der Waals surface area contributed by atoms with E-state index in [0.717, 1.165) is 29.7 Å². The van der Waals surface area contributed by atoms with Crippen LogP contribution in [0.15, 0.2) is 54.6 Å². The first-order valence-electron chi connectivity index (χ1n) is 28.5. The SMILES string of the molecule is CCN1[C@@H](C(=O)NC23CCC(C(=O)NCCCOCCOCCOCCCNC(=O)COc4cccc5c4C(=O)N(C4CCC(=O)NC4=O)C5=O)(CC2)CC3)[C@H](c2cccc(Cl)c2F)[C@]2(C(=O)Nc3cc(Cl)ccc32)C12CCCCC2. The van der Waals surface area contributed by atoms with Gasteiger partial charge in [0.2, 0.25) is 29.5 Å². The summed E-state index contributed by atoms with van der Waals surface area (Å²) < 4.78 is 39.3. The van der Waals surface area contributed by atoms with Crippen LogP contribution in [0, 0.1) is 11.2 Å². The van der Waals surface area contributed by atoms with Gasteiger partial charge in [0.15, 0.2) is 6.61 Å². The minimum absolute atomic E-state index is 0.00175. The molecule has 8 aliphatic rings. The van der Waals surface area contributed by atoms with Crippen LogP contribution in [0.25, 0.3) is 0 Å². The van der Waals surface area contributed by atoms with Gasteiger partial charge in [0.1, 0.15) is 23.0 Å². The zero-order valence-corrected chi connectivity index (χ0v) is 47.0. The van der Waals surface area contributed by atoms with Crippen molar-refractivity contribution < 1.29 is 61.7 Å². The van der Waals surface area contributed by atoms with E-state index < -0.39 is 81.9 Å². The molecule has 1 unspecified atom stereocenters. The summed E-state index contributed by atoms with van der Waals surface area (Å²) in [6.45, 7) is 5.07. The highest BCUT2D eigenvalue weighted by atomic mass is 35.5. The third-order valence-electron chi connectivity index (χ3n) is 18.2. The first-order valence-corrected chi connectivity index (χ1v) is 29.3. The molecule has 6 fully saturated rings. The zero-order chi connectivity index (χ0) is 57.1. The van der Waals surface area contributed by atoms with Gasteiger partial charge in [0, 0.05) is 65.8 Å². The Bertz CT molecular complexity index is 2950. The van der Waals surface area contributed by atoms with Crippen LogP contribution >= 0.6 is 23.2 Å². The molecular formula is C59H70Cl2FN7O12. The highest BCUT2D eigenvalue weighted by Gasteiger charge is 2.75. The maximum atomic E-state index is 16.7. The van der Waals surface area contributed by atoms with Gasteiger partial charge in [-0.05, 0) is 119 Å². The summed E-state index contributed by atoms with van der Waals surface area (Å²) in [5, 5.41) is 15.1. The Labute approximate surface area is 479 Å². The Morgan fingerprint density at radius 1 is 0.765 bits per heavy atom. The lowest BCUT2D eigenvalue weighted by Crippen LogP contribution is -2.63. The van der Waals surface area contributed by atoms with Crippen molar-refractivity contribution in [2.24, 2.45) is 5.41 Å². The smallest absolute Gasteiger partial charge is 0.266 e. The molecule has 3 aromatic carbocycles. The molecule has 4 aliphatic carbocycles. The number of halogens is 3. The number of nitrogens with zero attached hydrogens (tertiary/aromatic N) is 2. The van der Waals surface area contributed by atoms with E-state index >= 15 is 14.0 Å². The van der Waals surface area contributed by atoms with Crippen molar-refractivity contribution in [2.45, 2.75) is 138 Å². The Hall–Kier alpha value is -6.03. The number of hydrogen-bond donors (Lipinski definition) is 5. The quantitative estimate of drug-likeness (QED) is 0.0521. The Morgan fingerprint density at radius 3 is 2.11 bits per heavy atom. The van der Waals surface area contributed by atoms with E-state index in [4.69, 9.17) is 42.1 Å². The van der Waals surface area contributed by atoms with Gasteiger partial charge in [0.25, 0.3) is 17.7 Å². The van der Waals surface area contributed by atoms with Crippen molar-refractivity contribution in [1.29, 1.82) is 0 Å². The van der Waals surface area contributed by atoms with Crippen molar-refractivity contribution in [2.75, 3.05) is 71.2 Å². The third-order valence-corrected chi connectivity index (χ3v) is 18.7. The van der Waals surface area contributed by atoms with Crippen molar-refractivity contribution in [3.63, 3.8) is 0 Å². The molecule has 81 heavy (non-hydrogen) atoms. The first-order chi connectivity index (χ1) is 39.1. The fourth-order valence-electron chi connectivity index (χ4n) is 14.4. The molecule has 0 aromatic heterocycles. The van der Waals surface area contributed by atoms with Gasteiger partial charge in [-0.3, -0.25) is 53.5 Å². The number of nitrogens with one attached hydrogen (secondary N) is 5. The maximum absolute atomic E-state index is 16.7. The number of rotatable bonds is 23. The summed E-state index contributed by atoms with van der Waals surface area (Å²) in [6.07, 6.45) is 8.91. The summed E-state index contributed by atoms with van der Waals surface area (Å²) >= 11 is 13.0. The lowest BCUT2D eigenvalue weighted by molar-refractivity contribution is -0.141. The van der Waals surface area contributed by atoms with Gasteiger partial charge < -0.3 is 40.2 Å². The molecule has 4 aliphatic heterocycles. The van der Waals surface area contributed by atoms with Crippen LogP contribution in [0.2, 0.25) is 10.0 Å². The molecule has 0 radical (unpaired) electrons. The highest BCUT2D eigenvalue weighted by molar-refractivity contribution is 6.31. The van der Waals surface area contributed by atoms with Gasteiger partial charge in [-0.25, -0.2) is 4.39 Å². The number of anilines is 1. The van der Waals surface area contributed by atoms with Gasteiger partial charge in [-0.2, -0.15) is 0 Å². The normalized spacial score (nSPS) is 26.4. The zero-order valence-electron chi connectivity index (χ0n) is 45.5. The average molecular weight is 1160 g/mol. The number of likely N-dealkylation sites (N-methyl/N-ethyl adjacent to an activating group) is 1. The largest absolute Gasteiger partial charge is 0.483 e. The first kappa shape index (κ1) is 58.2. The number of ether oxygens (including phenoxy) is 4. The number of carbonyl (C=O) groups is 8. The summed E-state index contributed by atoms with van der Waals surface area (Å²) in [4.78, 5) is 110.